The molecule has 0 saturated carbocycles. The summed E-state index contributed by atoms with van der Waals surface area (Å²) in [5, 5.41) is 0. The lowest BCUT2D eigenvalue weighted by molar-refractivity contribution is 0.167. The predicted octanol–water partition coefficient (Wildman–Crippen LogP) is 0.930. The first-order valence-electron chi connectivity index (χ1n) is 6.13. The number of fused-ring (bicyclic) bond motifs is 1. The van der Waals surface area contributed by atoms with Gasteiger partial charge in [0.2, 0.25) is 0 Å². The minimum absolute atomic E-state index is 0.599. The van der Waals surface area contributed by atoms with Gasteiger partial charge in [-0.05, 0) is 18.4 Å². The third kappa shape index (κ3) is 2.44. The highest BCUT2D eigenvalue weighted by molar-refractivity contribution is 4.95. The first-order chi connectivity index (χ1) is 7.70. The summed E-state index contributed by atoms with van der Waals surface area (Å²) in [6.45, 7) is 9.53. The van der Waals surface area contributed by atoms with E-state index in [0.29, 0.717) is 11.8 Å². The van der Waals surface area contributed by atoms with Gasteiger partial charge < -0.3 is 10.3 Å². The van der Waals surface area contributed by atoms with E-state index in [2.05, 4.69) is 34.5 Å². The second-order valence-electron chi connectivity index (χ2n) is 5.01. The van der Waals surface area contributed by atoms with Gasteiger partial charge in [-0.1, -0.05) is 13.8 Å². The number of hydrogen-bond acceptors (Lipinski definition) is 3. The molecule has 1 aromatic heterocycles. The fourth-order valence-corrected chi connectivity index (χ4v) is 2.27. The number of nitrogens with zero attached hydrogens (tertiary/aromatic N) is 3. The molecule has 0 spiro atoms. The Kier molecular flexibility index (Phi) is 3.61. The average Bonchev–Trinajstić information content (AvgIpc) is 2.72. The quantitative estimate of drug-likeness (QED) is 0.824. The van der Waals surface area contributed by atoms with Gasteiger partial charge in [0.1, 0.15) is 5.82 Å². The van der Waals surface area contributed by atoms with Crippen LogP contribution in [0.15, 0.2) is 12.4 Å². The number of aromatic nitrogens is 2. The zero-order valence-electron chi connectivity index (χ0n) is 10.3. The summed E-state index contributed by atoms with van der Waals surface area (Å²) < 4.78 is 2.24. The van der Waals surface area contributed by atoms with Crippen molar-refractivity contribution in [2.24, 2.45) is 17.6 Å². The van der Waals surface area contributed by atoms with Crippen LogP contribution in [0.4, 0.5) is 0 Å². The minimum Gasteiger partial charge on any atom is -0.333 e. The smallest absolute Gasteiger partial charge is 0.122 e. The largest absolute Gasteiger partial charge is 0.333 e. The Morgan fingerprint density at radius 3 is 2.94 bits per heavy atom. The van der Waals surface area contributed by atoms with Crippen LogP contribution in [0, 0.1) is 11.8 Å². The van der Waals surface area contributed by atoms with Gasteiger partial charge in [0.25, 0.3) is 0 Å². The van der Waals surface area contributed by atoms with Gasteiger partial charge in [-0.25, -0.2) is 4.98 Å². The molecule has 1 atom stereocenters. The van der Waals surface area contributed by atoms with Crippen LogP contribution in [0.2, 0.25) is 0 Å². The molecule has 1 aliphatic rings. The van der Waals surface area contributed by atoms with Crippen LogP contribution in [0.5, 0.6) is 0 Å². The average molecular weight is 222 g/mol. The Balaban J connectivity index is 1.93. The SMILES string of the molecule is CC(C)C(CN)CN1CCn2ccnc2C1. The Morgan fingerprint density at radius 1 is 1.44 bits per heavy atom. The lowest BCUT2D eigenvalue weighted by Crippen LogP contribution is -2.40. The zero-order valence-corrected chi connectivity index (χ0v) is 10.3. The third-order valence-corrected chi connectivity index (χ3v) is 3.56. The standard InChI is InChI=1S/C12H22N4/c1-10(2)11(7-13)8-15-5-6-16-4-3-14-12(16)9-15/h3-4,10-11H,5-9,13H2,1-2H3. The maximum absolute atomic E-state index is 5.82. The monoisotopic (exact) mass is 222 g/mol. The number of rotatable bonds is 4. The van der Waals surface area contributed by atoms with E-state index in [1.165, 1.54) is 5.82 Å². The highest BCUT2D eigenvalue weighted by atomic mass is 15.2. The fourth-order valence-electron chi connectivity index (χ4n) is 2.27. The molecule has 0 saturated heterocycles. The van der Waals surface area contributed by atoms with E-state index < -0.39 is 0 Å². The van der Waals surface area contributed by atoms with E-state index in [4.69, 9.17) is 5.73 Å². The molecule has 0 radical (unpaired) electrons. The Hall–Kier alpha value is -0.870. The Morgan fingerprint density at radius 2 is 2.25 bits per heavy atom. The normalized spacial score (nSPS) is 18.8. The van der Waals surface area contributed by atoms with Gasteiger partial charge >= 0.3 is 0 Å². The second-order valence-corrected chi connectivity index (χ2v) is 5.01. The van der Waals surface area contributed by atoms with E-state index in [0.717, 1.165) is 32.7 Å². The van der Waals surface area contributed by atoms with Gasteiger partial charge in [0, 0.05) is 32.0 Å². The molecule has 1 aromatic rings. The highest BCUT2D eigenvalue weighted by Gasteiger charge is 2.20. The van der Waals surface area contributed by atoms with Crippen molar-refractivity contribution in [2.75, 3.05) is 19.6 Å². The molecule has 4 heteroatoms. The van der Waals surface area contributed by atoms with Gasteiger partial charge in [-0.15, -0.1) is 0 Å². The van der Waals surface area contributed by atoms with E-state index in [1.54, 1.807) is 0 Å². The summed E-state index contributed by atoms with van der Waals surface area (Å²) in [4.78, 5) is 6.85. The van der Waals surface area contributed by atoms with Crippen LogP contribution in [0.25, 0.3) is 0 Å². The molecule has 2 N–H and O–H groups in total. The number of imidazole rings is 1. The van der Waals surface area contributed by atoms with Crippen molar-refractivity contribution in [1.82, 2.24) is 14.5 Å². The summed E-state index contributed by atoms with van der Waals surface area (Å²) >= 11 is 0. The van der Waals surface area contributed by atoms with Crippen molar-refractivity contribution in [3.63, 3.8) is 0 Å². The summed E-state index contributed by atoms with van der Waals surface area (Å²) in [5.74, 6) is 2.44. The molecule has 0 aliphatic carbocycles. The first kappa shape index (κ1) is 11.6. The molecule has 2 rings (SSSR count). The molecular weight excluding hydrogens is 200 g/mol. The molecular formula is C12H22N4. The Labute approximate surface area is 97.4 Å². The lowest BCUT2D eigenvalue weighted by atomic mass is 9.95. The van der Waals surface area contributed by atoms with Crippen LogP contribution in [-0.2, 0) is 13.1 Å². The van der Waals surface area contributed by atoms with Crippen LogP contribution in [-0.4, -0.2) is 34.1 Å². The molecule has 0 amide bonds. The summed E-state index contributed by atoms with van der Waals surface area (Å²) in [6, 6.07) is 0. The Bertz CT molecular complexity index is 332. The van der Waals surface area contributed by atoms with Crippen molar-refractivity contribution >= 4 is 0 Å². The lowest BCUT2D eigenvalue weighted by Gasteiger charge is -2.32. The van der Waals surface area contributed by atoms with E-state index >= 15 is 0 Å². The van der Waals surface area contributed by atoms with Crippen LogP contribution < -0.4 is 5.73 Å². The van der Waals surface area contributed by atoms with Gasteiger partial charge in [0.05, 0.1) is 6.54 Å². The van der Waals surface area contributed by atoms with Crippen molar-refractivity contribution in [3.8, 4) is 0 Å². The van der Waals surface area contributed by atoms with Crippen molar-refractivity contribution in [3.05, 3.63) is 18.2 Å². The maximum atomic E-state index is 5.82. The van der Waals surface area contributed by atoms with Gasteiger partial charge in [-0.3, -0.25) is 4.90 Å². The predicted molar refractivity (Wildman–Crippen MR) is 64.9 cm³/mol. The topological polar surface area (TPSA) is 47.1 Å². The molecule has 4 nitrogen and oxygen atoms in total. The van der Waals surface area contributed by atoms with Gasteiger partial charge in [-0.2, -0.15) is 0 Å². The molecule has 2 heterocycles. The van der Waals surface area contributed by atoms with E-state index in [-0.39, 0.29) is 0 Å². The molecule has 1 aliphatic heterocycles. The molecule has 0 bridgehead atoms. The summed E-state index contributed by atoms with van der Waals surface area (Å²) in [5.41, 5.74) is 5.82. The summed E-state index contributed by atoms with van der Waals surface area (Å²) in [6.07, 6.45) is 3.96. The zero-order chi connectivity index (χ0) is 11.5. The van der Waals surface area contributed by atoms with Crippen LogP contribution >= 0.6 is 0 Å². The van der Waals surface area contributed by atoms with Crippen molar-refractivity contribution in [2.45, 2.75) is 26.9 Å². The second kappa shape index (κ2) is 4.97. The first-order valence-corrected chi connectivity index (χ1v) is 6.13. The fraction of sp³-hybridized carbons (Fsp3) is 0.750. The highest BCUT2D eigenvalue weighted by Crippen LogP contribution is 2.16. The van der Waals surface area contributed by atoms with Crippen molar-refractivity contribution < 1.29 is 0 Å². The molecule has 0 fully saturated rings. The van der Waals surface area contributed by atoms with Crippen molar-refractivity contribution in [1.29, 1.82) is 0 Å². The number of hydrogen-bond donors (Lipinski definition) is 1. The van der Waals surface area contributed by atoms with E-state index in [9.17, 15) is 0 Å². The van der Waals surface area contributed by atoms with Gasteiger partial charge in [0.15, 0.2) is 0 Å². The molecule has 1 unspecified atom stereocenters. The van der Waals surface area contributed by atoms with E-state index in [1.807, 2.05) is 6.20 Å². The molecule has 90 valence electrons. The minimum atomic E-state index is 0.599. The number of nitrogens with two attached hydrogens (primary N) is 1. The van der Waals surface area contributed by atoms with Crippen LogP contribution in [0.1, 0.15) is 19.7 Å². The summed E-state index contributed by atoms with van der Waals surface area (Å²) in [7, 11) is 0. The van der Waals surface area contributed by atoms with Crippen LogP contribution in [0.3, 0.4) is 0 Å². The maximum Gasteiger partial charge on any atom is 0.122 e. The molecule has 0 aromatic carbocycles. The molecule has 16 heavy (non-hydrogen) atoms. The third-order valence-electron chi connectivity index (χ3n) is 3.56.